The second kappa shape index (κ2) is 6.96. The van der Waals surface area contributed by atoms with E-state index in [-0.39, 0.29) is 17.8 Å². The highest BCUT2D eigenvalue weighted by molar-refractivity contribution is 5.92. The van der Waals surface area contributed by atoms with Crippen LogP contribution in [0.5, 0.6) is 0 Å². The van der Waals surface area contributed by atoms with E-state index in [1.807, 2.05) is 25.2 Å². The third-order valence-corrected chi connectivity index (χ3v) is 4.53. The van der Waals surface area contributed by atoms with Crippen LogP contribution in [0.4, 0.5) is 4.39 Å². The molecule has 23 heavy (non-hydrogen) atoms. The number of carbonyl (C=O) groups is 1. The largest absolute Gasteiger partial charge is 0.357 e. The van der Waals surface area contributed by atoms with Gasteiger partial charge in [-0.25, -0.2) is 4.39 Å². The minimum absolute atomic E-state index is 0.00717. The summed E-state index contributed by atoms with van der Waals surface area (Å²) in [4.78, 5) is 19.4. The van der Waals surface area contributed by atoms with Crippen LogP contribution in [0.2, 0.25) is 0 Å². The summed E-state index contributed by atoms with van der Waals surface area (Å²) in [7, 11) is 1.85. The predicted octanol–water partition coefficient (Wildman–Crippen LogP) is 2.89. The number of carbonyl (C=O) groups excluding carboxylic acids is 1. The van der Waals surface area contributed by atoms with Gasteiger partial charge < -0.3 is 9.88 Å². The molecule has 1 unspecified atom stereocenters. The Morgan fingerprint density at radius 1 is 1.35 bits per heavy atom. The molecular formula is C18H22FN3O. The Morgan fingerprint density at radius 2 is 2.17 bits per heavy atom. The maximum Gasteiger partial charge on any atom is 0.270 e. The third-order valence-electron chi connectivity index (χ3n) is 4.53. The molecule has 1 fully saturated rings. The molecule has 1 aliphatic rings. The van der Waals surface area contributed by atoms with Crippen molar-refractivity contribution in [1.82, 2.24) is 14.8 Å². The van der Waals surface area contributed by atoms with Crippen LogP contribution in [0.15, 0.2) is 42.6 Å². The number of likely N-dealkylation sites (N-methyl/N-ethyl adjacent to an activating group) is 1. The molecule has 0 radical (unpaired) electrons. The minimum atomic E-state index is -0.162. The second-order valence-corrected chi connectivity index (χ2v) is 6.12. The summed E-state index contributed by atoms with van der Waals surface area (Å²) in [5.41, 5.74) is 1.32. The van der Waals surface area contributed by atoms with Crippen LogP contribution in [0.25, 0.3) is 0 Å². The molecule has 1 N–H and O–H groups in total. The number of likely N-dealkylation sites (tertiary alicyclic amines) is 1. The van der Waals surface area contributed by atoms with Crippen LogP contribution in [0.3, 0.4) is 0 Å². The van der Waals surface area contributed by atoms with Crippen molar-refractivity contribution in [2.75, 3.05) is 20.1 Å². The number of rotatable bonds is 4. The van der Waals surface area contributed by atoms with Crippen molar-refractivity contribution in [3.63, 3.8) is 0 Å². The summed E-state index contributed by atoms with van der Waals surface area (Å²) in [6, 6.07) is 10.7. The Kier molecular flexibility index (Phi) is 4.76. The van der Waals surface area contributed by atoms with Gasteiger partial charge in [-0.3, -0.25) is 9.69 Å². The maximum absolute atomic E-state index is 13.8. The van der Waals surface area contributed by atoms with Gasteiger partial charge in [0.2, 0.25) is 0 Å². The smallest absolute Gasteiger partial charge is 0.270 e. The normalized spacial score (nSPS) is 18.8. The van der Waals surface area contributed by atoms with Crippen molar-refractivity contribution in [3.05, 3.63) is 59.7 Å². The number of piperidine rings is 1. The summed E-state index contributed by atoms with van der Waals surface area (Å²) < 4.78 is 13.8. The fourth-order valence-electron chi connectivity index (χ4n) is 3.18. The lowest BCUT2D eigenvalue weighted by atomic mass is 10.0. The number of aromatic nitrogens is 1. The van der Waals surface area contributed by atoms with Crippen molar-refractivity contribution >= 4 is 5.91 Å². The zero-order chi connectivity index (χ0) is 16.2. The molecule has 0 bridgehead atoms. The van der Waals surface area contributed by atoms with Gasteiger partial charge >= 0.3 is 0 Å². The lowest BCUT2D eigenvalue weighted by Crippen LogP contribution is -2.48. The van der Waals surface area contributed by atoms with Gasteiger partial charge in [-0.1, -0.05) is 18.2 Å². The van der Waals surface area contributed by atoms with E-state index in [9.17, 15) is 9.18 Å². The monoisotopic (exact) mass is 315 g/mol. The third kappa shape index (κ3) is 3.62. The molecule has 1 atom stereocenters. The van der Waals surface area contributed by atoms with Crippen molar-refractivity contribution < 1.29 is 9.18 Å². The van der Waals surface area contributed by atoms with Gasteiger partial charge in [-0.2, -0.15) is 0 Å². The first kappa shape index (κ1) is 15.7. The first-order valence-corrected chi connectivity index (χ1v) is 8.01. The Bertz CT molecular complexity index is 656. The Balaban J connectivity index is 1.64. The molecule has 1 amide bonds. The molecule has 2 aromatic rings. The average molecular weight is 315 g/mol. The lowest BCUT2D eigenvalue weighted by molar-refractivity contribution is 0.0603. The van der Waals surface area contributed by atoms with E-state index < -0.39 is 0 Å². The van der Waals surface area contributed by atoms with Crippen LogP contribution in [0.1, 0.15) is 28.9 Å². The van der Waals surface area contributed by atoms with Gasteiger partial charge in [0.25, 0.3) is 5.91 Å². The van der Waals surface area contributed by atoms with Crippen molar-refractivity contribution in [1.29, 1.82) is 0 Å². The lowest BCUT2D eigenvalue weighted by Gasteiger charge is -2.37. The first-order chi connectivity index (χ1) is 11.1. The number of halogens is 1. The average Bonchev–Trinajstić information content (AvgIpc) is 3.10. The summed E-state index contributed by atoms with van der Waals surface area (Å²) >= 11 is 0. The summed E-state index contributed by atoms with van der Waals surface area (Å²) in [6.07, 6.45) is 3.75. The fraction of sp³-hybridized carbons (Fsp3) is 0.389. The first-order valence-electron chi connectivity index (χ1n) is 8.01. The summed E-state index contributed by atoms with van der Waals surface area (Å²) in [5, 5.41) is 0. The van der Waals surface area contributed by atoms with Crippen LogP contribution in [-0.4, -0.2) is 46.9 Å². The number of aromatic amines is 1. The number of nitrogens with zero attached hydrogens (tertiary/aromatic N) is 2. The molecule has 3 rings (SSSR count). The highest BCUT2D eigenvalue weighted by atomic mass is 19.1. The molecule has 4 nitrogen and oxygen atoms in total. The zero-order valence-corrected chi connectivity index (χ0v) is 13.3. The van der Waals surface area contributed by atoms with Gasteiger partial charge in [0, 0.05) is 37.9 Å². The Morgan fingerprint density at radius 3 is 2.91 bits per heavy atom. The molecule has 122 valence electrons. The van der Waals surface area contributed by atoms with Crippen molar-refractivity contribution in [2.24, 2.45) is 0 Å². The molecule has 2 heterocycles. The molecule has 0 aliphatic carbocycles. The van der Waals surface area contributed by atoms with E-state index in [0.29, 0.717) is 17.8 Å². The summed E-state index contributed by atoms with van der Waals surface area (Å²) in [5.74, 6) is -0.154. The number of nitrogens with one attached hydrogen (secondary N) is 1. The van der Waals surface area contributed by atoms with Crippen molar-refractivity contribution in [3.8, 4) is 0 Å². The van der Waals surface area contributed by atoms with Gasteiger partial charge in [0.05, 0.1) is 0 Å². The minimum Gasteiger partial charge on any atom is -0.357 e. The highest BCUT2D eigenvalue weighted by Crippen LogP contribution is 2.19. The molecule has 1 aliphatic heterocycles. The van der Waals surface area contributed by atoms with E-state index in [1.54, 1.807) is 23.2 Å². The molecule has 0 spiro atoms. The number of hydrogen-bond acceptors (Lipinski definition) is 2. The highest BCUT2D eigenvalue weighted by Gasteiger charge is 2.27. The van der Waals surface area contributed by atoms with Gasteiger partial charge in [0.1, 0.15) is 11.5 Å². The molecule has 1 aromatic heterocycles. The Hall–Kier alpha value is -2.14. The number of hydrogen-bond donors (Lipinski definition) is 1. The molecular weight excluding hydrogens is 293 g/mol. The van der Waals surface area contributed by atoms with Gasteiger partial charge in [-0.15, -0.1) is 0 Å². The topological polar surface area (TPSA) is 39.3 Å². The quantitative estimate of drug-likeness (QED) is 0.942. The number of amides is 1. The van der Waals surface area contributed by atoms with Crippen LogP contribution in [0, 0.1) is 5.82 Å². The number of benzene rings is 1. The van der Waals surface area contributed by atoms with E-state index >= 15 is 0 Å². The van der Waals surface area contributed by atoms with E-state index in [0.717, 1.165) is 25.9 Å². The molecule has 0 saturated carbocycles. The van der Waals surface area contributed by atoms with Crippen LogP contribution in [-0.2, 0) is 6.54 Å². The van der Waals surface area contributed by atoms with Crippen LogP contribution < -0.4 is 0 Å². The number of H-pyrrole nitrogens is 1. The maximum atomic E-state index is 13.8. The Labute approximate surface area is 135 Å². The predicted molar refractivity (Wildman–Crippen MR) is 87.6 cm³/mol. The van der Waals surface area contributed by atoms with E-state index in [4.69, 9.17) is 0 Å². The summed E-state index contributed by atoms with van der Waals surface area (Å²) in [6.45, 7) is 2.31. The van der Waals surface area contributed by atoms with E-state index in [1.165, 1.54) is 6.07 Å². The van der Waals surface area contributed by atoms with Crippen LogP contribution >= 0.6 is 0 Å². The fourth-order valence-corrected chi connectivity index (χ4v) is 3.18. The molecule has 1 saturated heterocycles. The zero-order valence-electron chi connectivity index (χ0n) is 13.3. The van der Waals surface area contributed by atoms with Gasteiger partial charge in [-0.05, 0) is 37.6 Å². The van der Waals surface area contributed by atoms with Gasteiger partial charge in [0.15, 0.2) is 0 Å². The van der Waals surface area contributed by atoms with Crippen molar-refractivity contribution in [2.45, 2.75) is 25.4 Å². The second-order valence-electron chi connectivity index (χ2n) is 6.12. The standard InChI is InChI=1S/C18H22FN3O/c1-21(18(23)17-9-4-10-20-17)15-7-5-11-22(13-15)12-14-6-2-3-8-16(14)19/h2-4,6,8-10,15,20H,5,7,11-13H2,1H3. The SMILES string of the molecule is CN(C(=O)c1ccc[nH]1)C1CCCN(Cc2ccccc2F)C1. The molecule has 1 aromatic carbocycles. The molecule has 5 heteroatoms. The van der Waals surface area contributed by atoms with E-state index in [2.05, 4.69) is 9.88 Å².